The van der Waals surface area contributed by atoms with Crippen LogP contribution in [0.15, 0.2) is 12.2 Å². The number of carbonyl (C=O) groups is 2. The third kappa shape index (κ3) is 8.14. The second-order valence-electron chi connectivity index (χ2n) is 5.40. The first-order valence-corrected chi connectivity index (χ1v) is 8.08. The summed E-state index contributed by atoms with van der Waals surface area (Å²) >= 11 is 0. The van der Waals surface area contributed by atoms with Gasteiger partial charge in [0.1, 0.15) is 6.23 Å². The maximum atomic E-state index is 12.1. The maximum Gasteiger partial charge on any atom is 0.237 e. The van der Waals surface area contributed by atoms with E-state index in [1.807, 2.05) is 20.8 Å². The predicted molar refractivity (Wildman–Crippen MR) is 88.2 cm³/mol. The third-order valence-electron chi connectivity index (χ3n) is 3.56. The Kier molecular flexibility index (Phi) is 11.4. The number of likely N-dealkylation sites (N-methyl/N-ethyl adjacent to an activating group) is 1. The van der Waals surface area contributed by atoms with Crippen molar-refractivity contribution in [1.82, 2.24) is 16.0 Å². The van der Waals surface area contributed by atoms with Crippen LogP contribution in [-0.2, 0) is 9.59 Å². The zero-order valence-corrected chi connectivity index (χ0v) is 14.0. The monoisotopic (exact) mass is 313 g/mol. The van der Waals surface area contributed by atoms with Crippen LogP contribution in [-0.4, -0.2) is 42.3 Å². The molecule has 0 aromatic carbocycles. The minimum Gasteiger partial charge on any atom is -0.376 e. The Morgan fingerprint density at radius 1 is 1.32 bits per heavy atom. The fourth-order valence-corrected chi connectivity index (χ4v) is 2.12. The van der Waals surface area contributed by atoms with E-state index >= 15 is 0 Å². The van der Waals surface area contributed by atoms with Crippen molar-refractivity contribution in [3.63, 3.8) is 0 Å². The lowest BCUT2D eigenvalue weighted by Crippen LogP contribution is -2.55. The molecule has 4 N–H and O–H groups in total. The van der Waals surface area contributed by atoms with Crippen molar-refractivity contribution in [2.24, 2.45) is 0 Å². The molecule has 1 unspecified atom stereocenters. The highest BCUT2D eigenvalue weighted by molar-refractivity contribution is 5.82. The van der Waals surface area contributed by atoms with Gasteiger partial charge in [-0.25, -0.2) is 0 Å². The normalized spacial score (nSPS) is 14.7. The number of aliphatic hydroxyl groups is 1. The van der Waals surface area contributed by atoms with Gasteiger partial charge in [0.15, 0.2) is 0 Å². The van der Waals surface area contributed by atoms with E-state index in [9.17, 15) is 14.7 Å². The summed E-state index contributed by atoms with van der Waals surface area (Å²) in [6.45, 7) is 10.3. The highest BCUT2D eigenvalue weighted by Gasteiger charge is 2.25. The Bertz CT molecular complexity index is 348. The van der Waals surface area contributed by atoms with Crippen LogP contribution in [0.1, 0.15) is 52.9 Å². The molecule has 0 aromatic heterocycles. The predicted octanol–water partition coefficient (Wildman–Crippen LogP) is 1.06. The molecule has 0 saturated carbocycles. The summed E-state index contributed by atoms with van der Waals surface area (Å²) in [5.41, 5.74) is 0.935. The molecule has 0 aliphatic rings. The van der Waals surface area contributed by atoms with Crippen LogP contribution >= 0.6 is 0 Å². The highest BCUT2D eigenvalue weighted by atomic mass is 16.3. The summed E-state index contributed by atoms with van der Waals surface area (Å²) in [5.74, 6) is -0.170. The Balaban J connectivity index is 4.79. The van der Waals surface area contributed by atoms with E-state index in [0.29, 0.717) is 25.8 Å². The van der Waals surface area contributed by atoms with Crippen molar-refractivity contribution in [3.8, 4) is 0 Å². The van der Waals surface area contributed by atoms with Gasteiger partial charge in [0, 0.05) is 6.54 Å². The van der Waals surface area contributed by atoms with Gasteiger partial charge in [0.2, 0.25) is 12.3 Å². The minimum absolute atomic E-state index is 0.170. The average Bonchev–Trinajstić information content (AvgIpc) is 2.50. The molecule has 0 radical (unpaired) electrons. The fraction of sp³-hybridized carbons (Fsp3) is 0.750. The van der Waals surface area contributed by atoms with Crippen molar-refractivity contribution >= 4 is 12.3 Å². The molecule has 0 saturated heterocycles. The maximum absolute atomic E-state index is 12.1. The molecular weight excluding hydrogens is 282 g/mol. The largest absolute Gasteiger partial charge is 0.376 e. The molecule has 0 aliphatic heterocycles. The van der Waals surface area contributed by atoms with Gasteiger partial charge in [-0.15, -0.1) is 0 Å². The van der Waals surface area contributed by atoms with Crippen LogP contribution < -0.4 is 16.0 Å². The molecule has 2 amide bonds. The van der Waals surface area contributed by atoms with Crippen molar-refractivity contribution < 1.29 is 14.7 Å². The lowest BCUT2D eigenvalue weighted by atomic mass is 10.0. The minimum atomic E-state index is -0.978. The molecule has 6 nitrogen and oxygen atoms in total. The summed E-state index contributed by atoms with van der Waals surface area (Å²) < 4.78 is 0. The van der Waals surface area contributed by atoms with Crippen molar-refractivity contribution in [3.05, 3.63) is 12.2 Å². The lowest BCUT2D eigenvalue weighted by Gasteiger charge is -2.28. The van der Waals surface area contributed by atoms with Gasteiger partial charge >= 0.3 is 0 Å². The van der Waals surface area contributed by atoms with Gasteiger partial charge in [-0.05, 0) is 26.2 Å². The molecule has 6 heteroatoms. The second kappa shape index (κ2) is 12.2. The van der Waals surface area contributed by atoms with E-state index in [-0.39, 0.29) is 5.91 Å². The summed E-state index contributed by atoms with van der Waals surface area (Å²) in [7, 11) is 0. The van der Waals surface area contributed by atoms with Crippen molar-refractivity contribution in [1.29, 1.82) is 0 Å². The summed E-state index contributed by atoms with van der Waals surface area (Å²) in [6, 6.07) is -0.968. The standard InChI is InChI=1S/C16H31N3O3/c1-5-8-9-13(18-11-20)16(22)19-14(10-12(4)6-2)15(21)17-7-3/h11,13-14,16,19,22H,4-10H2,1-3H3,(H,17,21)(H,18,20)/t13-,14+,16?/m0/s1. The summed E-state index contributed by atoms with van der Waals surface area (Å²) in [6.07, 6.45) is 3.35. The van der Waals surface area contributed by atoms with Crippen LogP contribution in [0, 0.1) is 0 Å². The first-order chi connectivity index (χ1) is 10.5. The first kappa shape index (κ1) is 20.6. The van der Waals surface area contributed by atoms with Crippen LogP contribution in [0.4, 0.5) is 0 Å². The summed E-state index contributed by atoms with van der Waals surface area (Å²) in [5, 5.41) is 18.6. The molecule has 128 valence electrons. The Morgan fingerprint density at radius 2 is 2.00 bits per heavy atom. The topological polar surface area (TPSA) is 90.5 Å². The molecule has 0 aromatic rings. The van der Waals surface area contributed by atoms with Crippen molar-refractivity contribution in [2.75, 3.05) is 6.54 Å². The molecule has 0 bridgehead atoms. The van der Waals surface area contributed by atoms with E-state index in [4.69, 9.17) is 0 Å². The number of aliphatic hydroxyl groups excluding tert-OH is 1. The fourth-order valence-electron chi connectivity index (χ4n) is 2.12. The summed E-state index contributed by atoms with van der Waals surface area (Å²) in [4.78, 5) is 22.8. The first-order valence-electron chi connectivity index (χ1n) is 8.08. The molecule has 0 fully saturated rings. The van der Waals surface area contributed by atoms with E-state index in [1.165, 1.54) is 0 Å². The van der Waals surface area contributed by atoms with E-state index < -0.39 is 18.3 Å². The zero-order valence-electron chi connectivity index (χ0n) is 14.0. The van der Waals surface area contributed by atoms with Crippen molar-refractivity contribution in [2.45, 2.75) is 71.2 Å². The molecule has 0 spiro atoms. The number of amides is 2. The SMILES string of the molecule is C=C(CC)C[C@@H](NC(O)[C@H](CCCC)NC=O)C(=O)NCC. The molecule has 0 rings (SSSR count). The number of carbonyl (C=O) groups excluding carboxylic acids is 2. The highest BCUT2D eigenvalue weighted by Crippen LogP contribution is 2.10. The number of rotatable bonds is 13. The zero-order chi connectivity index (χ0) is 17.0. The number of hydrogen-bond acceptors (Lipinski definition) is 4. The number of unbranched alkanes of at least 4 members (excludes halogenated alkanes) is 1. The number of hydrogen-bond donors (Lipinski definition) is 4. The van der Waals surface area contributed by atoms with Gasteiger partial charge in [-0.3, -0.25) is 14.9 Å². The number of nitrogens with one attached hydrogen (secondary N) is 3. The van der Waals surface area contributed by atoms with Crippen LogP contribution in [0.3, 0.4) is 0 Å². The van der Waals surface area contributed by atoms with Crippen LogP contribution in [0.5, 0.6) is 0 Å². The smallest absolute Gasteiger partial charge is 0.237 e. The van der Waals surface area contributed by atoms with E-state index in [2.05, 4.69) is 22.5 Å². The average molecular weight is 313 g/mol. The molecule has 3 atom stereocenters. The molecule has 22 heavy (non-hydrogen) atoms. The van der Waals surface area contributed by atoms with Crippen LogP contribution in [0.25, 0.3) is 0 Å². The van der Waals surface area contributed by atoms with E-state index in [1.54, 1.807) is 0 Å². The second-order valence-corrected chi connectivity index (χ2v) is 5.40. The van der Waals surface area contributed by atoms with Gasteiger partial charge in [0.25, 0.3) is 0 Å². The van der Waals surface area contributed by atoms with E-state index in [0.717, 1.165) is 24.8 Å². The quantitative estimate of drug-likeness (QED) is 0.232. The molecule has 0 heterocycles. The van der Waals surface area contributed by atoms with Gasteiger partial charge in [-0.1, -0.05) is 38.8 Å². The molecule has 0 aliphatic carbocycles. The van der Waals surface area contributed by atoms with Gasteiger partial charge in [-0.2, -0.15) is 0 Å². The van der Waals surface area contributed by atoms with Crippen LogP contribution in [0.2, 0.25) is 0 Å². The Morgan fingerprint density at radius 3 is 2.50 bits per heavy atom. The lowest BCUT2D eigenvalue weighted by molar-refractivity contribution is -0.124. The van der Waals surface area contributed by atoms with Gasteiger partial charge in [0.05, 0.1) is 12.1 Å². The van der Waals surface area contributed by atoms with Gasteiger partial charge < -0.3 is 15.7 Å². The Labute approximate surface area is 133 Å². The third-order valence-corrected chi connectivity index (χ3v) is 3.56. The molecular formula is C16H31N3O3. The Hall–Kier alpha value is -1.40.